The Labute approximate surface area is 60.8 Å². The van der Waals surface area contributed by atoms with Gasteiger partial charge in [-0.1, -0.05) is 6.08 Å². The maximum absolute atomic E-state index is 5.57. The van der Waals surface area contributed by atoms with Crippen LogP contribution in [0.15, 0.2) is 12.7 Å². The van der Waals surface area contributed by atoms with Gasteiger partial charge in [-0.15, -0.1) is 6.58 Å². The normalized spacial score (nSPS) is 45.4. The van der Waals surface area contributed by atoms with Crippen molar-refractivity contribution in [3.8, 4) is 0 Å². The van der Waals surface area contributed by atoms with Crippen molar-refractivity contribution >= 4 is 0 Å². The van der Waals surface area contributed by atoms with Gasteiger partial charge in [-0.05, 0) is 0 Å². The minimum absolute atomic E-state index is 0.111. The highest BCUT2D eigenvalue weighted by molar-refractivity contribution is 5.09. The summed E-state index contributed by atoms with van der Waals surface area (Å²) in [6.45, 7) is 5.43. The zero-order valence-electron chi connectivity index (χ0n) is 6.01. The minimum atomic E-state index is -0.111. The first-order chi connectivity index (χ1) is 4.87. The average molecular weight is 140 g/mol. The van der Waals surface area contributed by atoms with E-state index in [1.807, 2.05) is 6.08 Å². The van der Waals surface area contributed by atoms with Crippen molar-refractivity contribution in [2.24, 2.45) is 0 Å². The number of hydrogen-bond donors (Lipinski definition) is 0. The molecule has 56 valence electrons. The van der Waals surface area contributed by atoms with Gasteiger partial charge >= 0.3 is 0 Å². The van der Waals surface area contributed by atoms with Crippen LogP contribution >= 0.6 is 0 Å². The number of hydrogen-bond acceptors (Lipinski definition) is 2. The van der Waals surface area contributed by atoms with Crippen LogP contribution in [-0.4, -0.2) is 24.9 Å². The van der Waals surface area contributed by atoms with Crippen LogP contribution in [0.5, 0.6) is 0 Å². The van der Waals surface area contributed by atoms with E-state index in [9.17, 15) is 0 Å². The third kappa shape index (κ3) is 0.662. The monoisotopic (exact) mass is 140 g/mol. The third-order valence-corrected chi connectivity index (χ3v) is 2.45. The van der Waals surface area contributed by atoms with Crippen LogP contribution in [0.1, 0.15) is 12.8 Å². The quantitative estimate of drug-likeness (QED) is 0.508. The van der Waals surface area contributed by atoms with E-state index < -0.39 is 0 Å². The lowest BCUT2D eigenvalue weighted by atomic mass is 9.96. The molecule has 0 aromatic rings. The second-order valence-corrected chi connectivity index (χ2v) is 2.91. The van der Waals surface area contributed by atoms with E-state index in [2.05, 4.69) is 6.58 Å². The highest BCUT2D eigenvalue weighted by atomic mass is 16.6. The van der Waals surface area contributed by atoms with Gasteiger partial charge in [-0.3, -0.25) is 0 Å². The molecule has 0 saturated carbocycles. The maximum Gasteiger partial charge on any atom is 0.114 e. The maximum atomic E-state index is 5.57. The van der Waals surface area contributed by atoms with Crippen molar-refractivity contribution in [3.05, 3.63) is 12.7 Å². The summed E-state index contributed by atoms with van der Waals surface area (Å²) in [5.41, 5.74) is -0.111. The molecule has 0 aromatic carbocycles. The lowest BCUT2D eigenvalue weighted by Crippen LogP contribution is -2.31. The molecule has 2 unspecified atom stereocenters. The Kier molecular flexibility index (Phi) is 1.32. The molecule has 2 aliphatic rings. The largest absolute Gasteiger partial charge is 0.375 e. The molecule has 2 nitrogen and oxygen atoms in total. The molecule has 0 aliphatic carbocycles. The molecular weight excluding hydrogens is 128 g/mol. The fourth-order valence-corrected chi connectivity index (χ4v) is 1.80. The molecule has 2 atom stereocenters. The molecule has 0 spiro atoms. The van der Waals surface area contributed by atoms with Gasteiger partial charge in [0.1, 0.15) is 5.60 Å². The molecular formula is C8H12O2. The topological polar surface area (TPSA) is 18.5 Å². The van der Waals surface area contributed by atoms with Gasteiger partial charge in [0.05, 0.1) is 19.3 Å². The smallest absolute Gasteiger partial charge is 0.114 e. The van der Waals surface area contributed by atoms with Crippen molar-refractivity contribution in [2.45, 2.75) is 24.5 Å². The first-order valence-corrected chi connectivity index (χ1v) is 3.76. The molecule has 2 aliphatic heterocycles. The van der Waals surface area contributed by atoms with E-state index in [1.165, 1.54) is 0 Å². The van der Waals surface area contributed by atoms with Crippen LogP contribution < -0.4 is 0 Å². The minimum Gasteiger partial charge on any atom is -0.375 e. The van der Waals surface area contributed by atoms with Gasteiger partial charge in [0.25, 0.3) is 0 Å². The summed E-state index contributed by atoms with van der Waals surface area (Å²) >= 11 is 0. The van der Waals surface area contributed by atoms with Crippen molar-refractivity contribution in [1.82, 2.24) is 0 Å². The first kappa shape index (κ1) is 6.38. The molecule has 0 aromatic heterocycles. The summed E-state index contributed by atoms with van der Waals surface area (Å²) in [5, 5.41) is 0. The SMILES string of the molecule is C=CC12CCOC1CCO2. The van der Waals surface area contributed by atoms with Crippen molar-refractivity contribution < 1.29 is 9.47 Å². The lowest BCUT2D eigenvalue weighted by molar-refractivity contribution is 0.0174. The van der Waals surface area contributed by atoms with E-state index >= 15 is 0 Å². The Morgan fingerprint density at radius 3 is 3.10 bits per heavy atom. The predicted molar refractivity (Wildman–Crippen MR) is 37.9 cm³/mol. The van der Waals surface area contributed by atoms with Gasteiger partial charge in [0.15, 0.2) is 0 Å². The van der Waals surface area contributed by atoms with E-state index in [0.717, 1.165) is 26.1 Å². The van der Waals surface area contributed by atoms with E-state index in [4.69, 9.17) is 9.47 Å². The van der Waals surface area contributed by atoms with Gasteiger partial charge in [0, 0.05) is 12.8 Å². The zero-order valence-corrected chi connectivity index (χ0v) is 6.01. The van der Waals surface area contributed by atoms with Crippen molar-refractivity contribution in [2.75, 3.05) is 13.2 Å². The first-order valence-electron chi connectivity index (χ1n) is 3.76. The summed E-state index contributed by atoms with van der Waals surface area (Å²) in [6.07, 6.45) is 4.22. The number of rotatable bonds is 1. The fraction of sp³-hybridized carbons (Fsp3) is 0.750. The molecule has 0 amide bonds. The molecule has 10 heavy (non-hydrogen) atoms. The number of ether oxygens (including phenoxy) is 2. The summed E-state index contributed by atoms with van der Waals surface area (Å²) in [7, 11) is 0. The van der Waals surface area contributed by atoms with Crippen LogP contribution in [-0.2, 0) is 9.47 Å². The predicted octanol–water partition coefficient (Wildman–Crippen LogP) is 1.12. The molecule has 0 bridgehead atoms. The standard InChI is InChI=1S/C8H12O2/c1-2-8-4-6-9-7(8)3-5-10-8/h2,7H,1,3-6H2. The molecule has 2 rings (SSSR count). The fourth-order valence-electron chi connectivity index (χ4n) is 1.80. The van der Waals surface area contributed by atoms with Crippen molar-refractivity contribution in [3.63, 3.8) is 0 Å². The summed E-state index contributed by atoms with van der Waals surface area (Å²) in [5.74, 6) is 0. The Morgan fingerprint density at radius 2 is 2.40 bits per heavy atom. The summed E-state index contributed by atoms with van der Waals surface area (Å²) in [6, 6.07) is 0. The third-order valence-electron chi connectivity index (χ3n) is 2.45. The van der Waals surface area contributed by atoms with Crippen LogP contribution in [0.2, 0.25) is 0 Å². The molecule has 2 fully saturated rings. The van der Waals surface area contributed by atoms with Crippen LogP contribution in [0, 0.1) is 0 Å². The van der Waals surface area contributed by atoms with Gasteiger partial charge in [0.2, 0.25) is 0 Å². The average Bonchev–Trinajstić information content (AvgIpc) is 2.42. The van der Waals surface area contributed by atoms with Gasteiger partial charge in [-0.25, -0.2) is 0 Å². The van der Waals surface area contributed by atoms with E-state index in [-0.39, 0.29) is 5.60 Å². The Bertz CT molecular complexity index is 143. The number of fused-ring (bicyclic) bond motifs is 1. The van der Waals surface area contributed by atoms with Gasteiger partial charge < -0.3 is 9.47 Å². The van der Waals surface area contributed by atoms with Crippen molar-refractivity contribution in [1.29, 1.82) is 0 Å². The summed E-state index contributed by atoms with van der Waals surface area (Å²) < 4.78 is 11.0. The van der Waals surface area contributed by atoms with E-state index in [0.29, 0.717) is 6.10 Å². The molecule has 0 radical (unpaired) electrons. The molecule has 2 saturated heterocycles. The Balaban J connectivity index is 2.23. The Hall–Kier alpha value is -0.340. The molecule has 2 heteroatoms. The Morgan fingerprint density at radius 1 is 1.50 bits per heavy atom. The second kappa shape index (κ2) is 2.07. The highest BCUT2D eigenvalue weighted by Gasteiger charge is 2.46. The van der Waals surface area contributed by atoms with E-state index in [1.54, 1.807) is 0 Å². The van der Waals surface area contributed by atoms with Crippen LogP contribution in [0.3, 0.4) is 0 Å². The molecule has 2 heterocycles. The lowest BCUT2D eigenvalue weighted by Gasteiger charge is -2.21. The highest BCUT2D eigenvalue weighted by Crippen LogP contribution is 2.37. The van der Waals surface area contributed by atoms with Crippen LogP contribution in [0.4, 0.5) is 0 Å². The molecule has 0 N–H and O–H groups in total. The van der Waals surface area contributed by atoms with Gasteiger partial charge in [-0.2, -0.15) is 0 Å². The zero-order chi connectivity index (χ0) is 7.03. The van der Waals surface area contributed by atoms with Crippen LogP contribution in [0.25, 0.3) is 0 Å². The summed E-state index contributed by atoms with van der Waals surface area (Å²) in [4.78, 5) is 0. The second-order valence-electron chi connectivity index (χ2n) is 2.91.